The van der Waals surface area contributed by atoms with Crippen molar-refractivity contribution in [1.29, 1.82) is 0 Å². The van der Waals surface area contributed by atoms with Crippen molar-refractivity contribution in [1.82, 2.24) is 14.7 Å². The summed E-state index contributed by atoms with van der Waals surface area (Å²) in [5.41, 5.74) is 1.81. The molecule has 2 atom stereocenters. The Hall–Kier alpha value is -2.14. The first-order valence-electron chi connectivity index (χ1n) is 8.76. The van der Waals surface area contributed by atoms with E-state index in [2.05, 4.69) is 17.2 Å². The summed E-state index contributed by atoms with van der Waals surface area (Å²) in [7, 11) is 0. The fourth-order valence-corrected chi connectivity index (χ4v) is 3.36. The molecule has 1 aromatic carbocycles. The number of aromatic nitrogens is 2. The van der Waals surface area contributed by atoms with E-state index in [0.29, 0.717) is 24.6 Å². The predicted molar refractivity (Wildman–Crippen MR) is 90.6 cm³/mol. The number of carbonyl (C=O) groups excluding carboxylic acids is 1. The van der Waals surface area contributed by atoms with Gasteiger partial charge in [-0.2, -0.15) is 5.10 Å². The number of carbonyl (C=O) groups is 1. The molecule has 0 spiro atoms. The first-order valence-corrected chi connectivity index (χ1v) is 8.76. The first kappa shape index (κ1) is 15.4. The molecule has 2 fully saturated rings. The van der Waals surface area contributed by atoms with Crippen LogP contribution in [0.15, 0.2) is 42.7 Å². The number of aryl methyl sites for hydroxylation is 1. The lowest BCUT2D eigenvalue weighted by Crippen LogP contribution is -2.47. The topological polar surface area (TPSA) is 47.4 Å². The average molecular weight is 325 g/mol. The number of amides is 1. The van der Waals surface area contributed by atoms with Crippen LogP contribution in [0.2, 0.25) is 0 Å². The molecule has 5 heteroatoms. The summed E-state index contributed by atoms with van der Waals surface area (Å²) >= 11 is 0. The lowest BCUT2D eigenvalue weighted by molar-refractivity contribution is -0.0864. The standard InChI is InChI=1S/C19H23N3O2/c1-2-22-11-16(10-20-22)19(23)21-12-17(14-6-4-3-5-7-14)24-18(13-21)15-8-9-15/h3-7,10-11,15,17-18H,2,8-9,12-13H2,1H3/t17-,18+/m0/s1. The first-order chi connectivity index (χ1) is 11.7. The molecule has 0 radical (unpaired) electrons. The number of nitrogens with zero attached hydrogens (tertiary/aromatic N) is 3. The Balaban J connectivity index is 1.56. The quantitative estimate of drug-likeness (QED) is 0.868. The molecule has 2 heterocycles. The smallest absolute Gasteiger partial charge is 0.257 e. The van der Waals surface area contributed by atoms with Crippen LogP contribution >= 0.6 is 0 Å². The lowest BCUT2D eigenvalue weighted by atomic mass is 10.0. The van der Waals surface area contributed by atoms with Gasteiger partial charge in [-0.15, -0.1) is 0 Å². The Morgan fingerprint density at radius 1 is 1.25 bits per heavy atom. The van der Waals surface area contributed by atoms with Gasteiger partial charge in [0, 0.05) is 19.3 Å². The van der Waals surface area contributed by atoms with E-state index >= 15 is 0 Å². The van der Waals surface area contributed by atoms with Gasteiger partial charge in [0.2, 0.25) is 0 Å². The van der Waals surface area contributed by atoms with E-state index < -0.39 is 0 Å². The van der Waals surface area contributed by atoms with Crippen LogP contribution in [0.5, 0.6) is 0 Å². The highest BCUT2D eigenvalue weighted by Crippen LogP contribution is 2.39. The molecule has 24 heavy (non-hydrogen) atoms. The Kier molecular flexibility index (Phi) is 4.10. The molecule has 1 aliphatic carbocycles. The van der Waals surface area contributed by atoms with Gasteiger partial charge in [0.05, 0.1) is 24.4 Å². The van der Waals surface area contributed by atoms with Crippen molar-refractivity contribution in [3.05, 3.63) is 53.9 Å². The Labute approximate surface area is 142 Å². The van der Waals surface area contributed by atoms with Gasteiger partial charge < -0.3 is 9.64 Å². The monoisotopic (exact) mass is 325 g/mol. The maximum atomic E-state index is 12.9. The van der Waals surface area contributed by atoms with Crippen LogP contribution in [-0.4, -0.2) is 39.8 Å². The highest BCUT2D eigenvalue weighted by molar-refractivity contribution is 5.93. The van der Waals surface area contributed by atoms with Crippen LogP contribution in [0.1, 0.15) is 41.8 Å². The molecular formula is C19H23N3O2. The second kappa shape index (κ2) is 6.40. The van der Waals surface area contributed by atoms with Crippen LogP contribution in [0.25, 0.3) is 0 Å². The summed E-state index contributed by atoms with van der Waals surface area (Å²) in [6.07, 6.45) is 6.03. The number of hydrogen-bond acceptors (Lipinski definition) is 3. The van der Waals surface area contributed by atoms with Crippen LogP contribution in [0, 0.1) is 5.92 Å². The lowest BCUT2D eigenvalue weighted by Gasteiger charge is -2.38. The zero-order valence-electron chi connectivity index (χ0n) is 14.0. The molecule has 2 aromatic rings. The van der Waals surface area contributed by atoms with Gasteiger partial charge in [0.25, 0.3) is 5.91 Å². The minimum Gasteiger partial charge on any atom is -0.366 e. The summed E-state index contributed by atoms with van der Waals surface area (Å²) in [4.78, 5) is 14.9. The van der Waals surface area contributed by atoms with Crippen LogP contribution in [-0.2, 0) is 11.3 Å². The van der Waals surface area contributed by atoms with E-state index in [-0.39, 0.29) is 18.1 Å². The van der Waals surface area contributed by atoms with Crippen molar-refractivity contribution in [2.75, 3.05) is 13.1 Å². The molecule has 1 aliphatic heterocycles. The molecule has 0 N–H and O–H groups in total. The molecule has 0 unspecified atom stereocenters. The third-order valence-electron chi connectivity index (χ3n) is 4.94. The van der Waals surface area contributed by atoms with Gasteiger partial charge >= 0.3 is 0 Å². The van der Waals surface area contributed by atoms with E-state index in [1.165, 1.54) is 12.8 Å². The Bertz CT molecular complexity index is 708. The summed E-state index contributed by atoms with van der Waals surface area (Å²) < 4.78 is 8.12. The summed E-state index contributed by atoms with van der Waals surface area (Å²) in [6, 6.07) is 10.2. The maximum absolute atomic E-state index is 12.9. The predicted octanol–water partition coefficient (Wildman–Crippen LogP) is 2.90. The van der Waals surface area contributed by atoms with Crippen molar-refractivity contribution in [2.45, 2.75) is 38.5 Å². The third-order valence-corrected chi connectivity index (χ3v) is 4.94. The molecule has 126 valence electrons. The maximum Gasteiger partial charge on any atom is 0.257 e. The molecule has 1 saturated heterocycles. The number of morpholine rings is 1. The summed E-state index contributed by atoms with van der Waals surface area (Å²) in [5, 5.41) is 4.23. The number of hydrogen-bond donors (Lipinski definition) is 0. The van der Waals surface area contributed by atoms with E-state index in [0.717, 1.165) is 12.1 Å². The van der Waals surface area contributed by atoms with E-state index in [9.17, 15) is 4.79 Å². The van der Waals surface area contributed by atoms with E-state index in [4.69, 9.17) is 4.74 Å². The Morgan fingerprint density at radius 2 is 2.04 bits per heavy atom. The van der Waals surface area contributed by atoms with Crippen molar-refractivity contribution in [2.24, 2.45) is 5.92 Å². The van der Waals surface area contributed by atoms with Crippen molar-refractivity contribution in [3.63, 3.8) is 0 Å². The fourth-order valence-electron chi connectivity index (χ4n) is 3.36. The van der Waals surface area contributed by atoms with Crippen molar-refractivity contribution in [3.8, 4) is 0 Å². The second-order valence-corrected chi connectivity index (χ2v) is 6.71. The Morgan fingerprint density at radius 3 is 2.71 bits per heavy atom. The largest absolute Gasteiger partial charge is 0.366 e. The number of ether oxygens (including phenoxy) is 1. The fraction of sp³-hybridized carbons (Fsp3) is 0.474. The third kappa shape index (κ3) is 3.08. The highest BCUT2D eigenvalue weighted by atomic mass is 16.5. The van der Waals surface area contributed by atoms with Crippen LogP contribution < -0.4 is 0 Å². The molecule has 4 rings (SSSR count). The van der Waals surface area contributed by atoms with Crippen LogP contribution in [0.4, 0.5) is 0 Å². The van der Waals surface area contributed by atoms with E-state index in [1.807, 2.05) is 36.2 Å². The normalized spacial score (nSPS) is 24.1. The van der Waals surface area contributed by atoms with Crippen molar-refractivity contribution >= 4 is 5.91 Å². The zero-order valence-corrected chi connectivity index (χ0v) is 14.0. The van der Waals surface area contributed by atoms with Gasteiger partial charge in [0.15, 0.2) is 0 Å². The zero-order chi connectivity index (χ0) is 16.5. The molecule has 1 amide bonds. The van der Waals surface area contributed by atoms with Gasteiger partial charge in [-0.3, -0.25) is 9.48 Å². The number of benzene rings is 1. The van der Waals surface area contributed by atoms with Crippen LogP contribution in [0.3, 0.4) is 0 Å². The van der Waals surface area contributed by atoms with Gasteiger partial charge in [-0.25, -0.2) is 0 Å². The average Bonchev–Trinajstić information content (AvgIpc) is 3.39. The number of rotatable bonds is 4. The molecule has 2 aliphatic rings. The molecule has 0 bridgehead atoms. The van der Waals surface area contributed by atoms with Crippen molar-refractivity contribution < 1.29 is 9.53 Å². The second-order valence-electron chi connectivity index (χ2n) is 6.71. The highest BCUT2D eigenvalue weighted by Gasteiger charge is 2.40. The molecular weight excluding hydrogens is 302 g/mol. The van der Waals surface area contributed by atoms with Gasteiger partial charge in [-0.05, 0) is 31.2 Å². The minimum absolute atomic E-state index is 0.0456. The van der Waals surface area contributed by atoms with Gasteiger partial charge in [-0.1, -0.05) is 30.3 Å². The molecule has 1 aromatic heterocycles. The SMILES string of the molecule is CCn1cc(C(=O)N2C[C@@H](c3ccccc3)O[C@@H](C3CC3)C2)cn1. The van der Waals surface area contributed by atoms with E-state index in [1.54, 1.807) is 10.9 Å². The summed E-state index contributed by atoms with van der Waals surface area (Å²) in [5.74, 6) is 0.662. The van der Waals surface area contributed by atoms with Gasteiger partial charge in [0.1, 0.15) is 6.10 Å². The summed E-state index contributed by atoms with van der Waals surface area (Å²) in [6.45, 7) is 4.08. The molecule has 5 nitrogen and oxygen atoms in total. The molecule has 1 saturated carbocycles. The minimum atomic E-state index is -0.0456.